The highest BCUT2D eigenvalue weighted by Crippen LogP contribution is 2.49. The van der Waals surface area contributed by atoms with Gasteiger partial charge in [0.15, 0.2) is 0 Å². The second kappa shape index (κ2) is 3.08. The Morgan fingerprint density at radius 2 is 1.81 bits per heavy atom. The van der Waals surface area contributed by atoms with Crippen molar-refractivity contribution in [3.63, 3.8) is 0 Å². The molecule has 1 atom stereocenters. The van der Waals surface area contributed by atoms with Gasteiger partial charge in [-0.3, -0.25) is 0 Å². The van der Waals surface area contributed by atoms with E-state index in [4.69, 9.17) is 0 Å². The molecule has 3 rings (SSSR count). The molecule has 0 heterocycles. The second-order valence-corrected chi connectivity index (χ2v) is 5.21. The van der Waals surface area contributed by atoms with E-state index >= 15 is 0 Å². The van der Waals surface area contributed by atoms with Crippen LogP contribution in [0.2, 0.25) is 0 Å². The summed E-state index contributed by atoms with van der Waals surface area (Å²) >= 11 is 0. The third-order valence-electron chi connectivity index (χ3n) is 4.06. The summed E-state index contributed by atoms with van der Waals surface area (Å²) in [5.74, 6) is 0.230. The van der Waals surface area contributed by atoms with Crippen molar-refractivity contribution in [3.05, 3.63) is 47.5 Å². The summed E-state index contributed by atoms with van der Waals surface area (Å²) in [6.45, 7) is 4.67. The average molecular weight is 212 g/mol. The third-order valence-corrected chi connectivity index (χ3v) is 4.06. The summed E-state index contributed by atoms with van der Waals surface area (Å²) in [7, 11) is 0. The quantitative estimate of drug-likeness (QED) is 0.769. The molecule has 1 aliphatic carbocycles. The van der Waals surface area contributed by atoms with Gasteiger partial charge in [0.1, 0.15) is 0 Å². The van der Waals surface area contributed by atoms with Crippen LogP contribution in [0.1, 0.15) is 30.9 Å². The molecule has 0 saturated heterocycles. The standard InChI is InChI=1S/C15H16O/c1-15(2)12-8-4-6-10-5-3-7-11(14(10)12)13(15)9-16/h3-8,13,16H,9H2,1-2H3. The van der Waals surface area contributed by atoms with Gasteiger partial charge >= 0.3 is 0 Å². The summed E-state index contributed by atoms with van der Waals surface area (Å²) in [4.78, 5) is 0. The first-order valence-corrected chi connectivity index (χ1v) is 5.79. The van der Waals surface area contributed by atoms with Gasteiger partial charge in [-0.05, 0) is 27.3 Å². The fourth-order valence-electron chi connectivity index (χ4n) is 3.10. The Bertz CT molecular complexity index is 549. The summed E-state index contributed by atoms with van der Waals surface area (Å²) < 4.78 is 0. The SMILES string of the molecule is CC1(C)c2cccc3cccc(c23)C1CO. The van der Waals surface area contributed by atoms with Crippen LogP contribution in [0.15, 0.2) is 36.4 Å². The first-order valence-electron chi connectivity index (χ1n) is 5.79. The van der Waals surface area contributed by atoms with Crippen LogP contribution in [-0.2, 0) is 5.41 Å². The third kappa shape index (κ3) is 1.04. The lowest BCUT2D eigenvalue weighted by atomic mass is 9.77. The maximum Gasteiger partial charge on any atom is 0.0508 e. The van der Waals surface area contributed by atoms with Crippen molar-refractivity contribution in [2.24, 2.45) is 0 Å². The molecule has 1 heteroatoms. The Hall–Kier alpha value is -1.34. The fraction of sp³-hybridized carbons (Fsp3) is 0.333. The first kappa shape index (κ1) is 9.86. The molecule has 0 amide bonds. The topological polar surface area (TPSA) is 20.2 Å². The predicted octanol–water partition coefficient (Wildman–Crippen LogP) is 3.21. The van der Waals surface area contributed by atoms with Gasteiger partial charge in [0.2, 0.25) is 0 Å². The first-order chi connectivity index (χ1) is 7.66. The van der Waals surface area contributed by atoms with Crippen LogP contribution in [0.5, 0.6) is 0 Å². The lowest BCUT2D eigenvalue weighted by molar-refractivity contribution is 0.225. The lowest BCUT2D eigenvalue weighted by Gasteiger charge is -2.27. The monoisotopic (exact) mass is 212 g/mol. The van der Waals surface area contributed by atoms with Gasteiger partial charge in [-0.15, -0.1) is 0 Å². The molecular weight excluding hydrogens is 196 g/mol. The smallest absolute Gasteiger partial charge is 0.0508 e. The van der Waals surface area contributed by atoms with Crippen molar-refractivity contribution in [2.45, 2.75) is 25.2 Å². The molecule has 0 aromatic heterocycles. The summed E-state index contributed by atoms with van der Waals surface area (Å²) in [5.41, 5.74) is 2.72. The molecule has 1 N–H and O–H groups in total. The predicted molar refractivity (Wildman–Crippen MR) is 66.8 cm³/mol. The van der Waals surface area contributed by atoms with Gasteiger partial charge in [-0.2, -0.15) is 0 Å². The number of benzene rings is 2. The van der Waals surface area contributed by atoms with Gasteiger partial charge in [0.05, 0.1) is 6.61 Å². The zero-order valence-corrected chi connectivity index (χ0v) is 9.70. The normalized spacial score (nSPS) is 21.6. The summed E-state index contributed by atoms with van der Waals surface area (Å²) in [5, 5.41) is 12.3. The minimum atomic E-state index is 0.0396. The van der Waals surface area contributed by atoms with E-state index in [0.29, 0.717) is 0 Å². The Morgan fingerprint density at radius 3 is 2.50 bits per heavy atom. The van der Waals surface area contributed by atoms with Crippen molar-refractivity contribution >= 4 is 10.8 Å². The molecule has 2 aromatic rings. The minimum Gasteiger partial charge on any atom is -0.396 e. The number of hydrogen-bond donors (Lipinski definition) is 1. The van der Waals surface area contributed by atoms with Crippen LogP contribution in [0.4, 0.5) is 0 Å². The van der Waals surface area contributed by atoms with Crippen molar-refractivity contribution < 1.29 is 5.11 Å². The van der Waals surface area contributed by atoms with Gasteiger partial charge in [-0.25, -0.2) is 0 Å². The van der Waals surface area contributed by atoms with Gasteiger partial charge in [0.25, 0.3) is 0 Å². The van der Waals surface area contributed by atoms with E-state index in [-0.39, 0.29) is 17.9 Å². The van der Waals surface area contributed by atoms with Gasteiger partial charge in [-0.1, -0.05) is 50.2 Å². The van der Waals surface area contributed by atoms with E-state index < -0.39 is 0 Å². The van der Waals surface area contributed by atoms with Crippen LogP contribution in [0.25, 0.3) is 10.8 Å². The highest BCUT2D eigenvalue weighted by molar-refractivity contribution is 5.93. The molecule has 0 radical (unpaired) electrons. The van der Waals surface area contributed by atoms with E-state index in [1.807, 2.05) is 0 Å². The molecule has 0 aliphatic heterocycles. The average Bonchev–Trinajstić information content (AvgIpc) is 2.50. The summed E-state index contributed by atoms with van der Waals surface area (Å²) in [6, 6.07) is 12.9. The molecule has 0 saturated carbocycles. The molecule has 1 unspecified atom stereocenters. The highest BCUT2D eigenvalue weighted by Gasteiger charge is 2.39. The fourth-order valence-corrected chi connectivity index (χ4v) is 3.10. The zero-order chi connectivity index (χ0) is 11.3. The lowest BCUT2D eigenvalue weighted by Crippen LogP contribution is -2.24. The van der Waals surface area contributed by atoms with Crippen LogP contribution in [0.3, 0.4) is 0 Å². The Kier molecular flexibility index (Phi) is 1.90. The van der Waals surface area contributed by atoms with Crippen LogP contribution in [0, 0.1) is 0 Å². The largest absolute Gasteiger partial charge is 0.396 e. The maximum absolute atomic E-state index is 9.63. The minimum absolute atomic E-state index is 0.0396. The molecule has 0 fully saturated rings. The van der Waals surface area contributed by atoms with Crippen molar-refractivity contribution in [3.8, 4) is 0 Å². The van der Waals surface area contributed by atoms with Crippen molar-refractivity contribution in [1.82, 2.24) is 0 Å². The number of hydrogen-bond acceptors (Lipinski definition) is 1. The Balaban J connectivity index is 2.44. The number of rotatable bonds is 1. The van der Waals surface area contributed by atoms with Crippen molar-refractivity contribution in [2.75, 3.05) is 6.61 Å². The zero-order valence-electron chi connectivity index (χ0n) is 9.70. The van der Waals surface area contributed by atoms with Crippen LogP contribution in [-0.4, -0.2) is 11.7 Å². The molecule has 0 bridgehead atoms. The molecule has 2 aromatic carbocycles. The molecule has 16 heavy (non-hydrogen) atoms. The van der Waals surface area contributed by atoms with E-state index in [2.05, 4.69) is 50.2 Å². The summed E-state index contributed by atoms with van der Waals surface area (Å²) in [6.07, 6.45) is 0. The van der Waals surface area contributed by atoms with Gasteiger partial charge in [0, 0.05) is 5.92 Å². The second-order valence-electron chi connectivity index (χ2n) is 5.21. The van der Waals surface area contributed by atoms with E-state index in [0.717, 1.165) is 0 Å². The molecular formula is C15H16O. The van der Waals surface area contributed by atoms with Crippen LogP contribution < -0.4 is 0 Å². The van der Waals surface area contributed by atoms with E-state index in [1.54, 1.807) is 0 Å². The van der Waals surface area contributed by atoms with E-state index in [1.165, 1.54) is 21.9 Å². The Labute approximate surface area is 95.7 Å². The molecule has 1 aliphatic rings. The number of aliphatic hydroxyl groups is 1. The molecule has 0 spiro atoms. The van der Waals surface area contributed by atoms with E-state index in [9.17, 15) is 5.11 Å². The highest BCUT2D eigenvalue weighted by atomic mass is 16.3. The molecule has 1 nitrogen and oxygen atoms in total. The van der Waals surface area contributed by atoms with Crippen molar-refractivity contribution in [1.29, 1.82) is 0 Å². The number of aliphatic hydroxyl groups excluding tert-OH is 1. The Morgan fingerprint density at radius 1 is 1.12 bits per heavy atom. The molecule has 82 valence electrons. The van der Waals surface area contributed by atoms with Gasteiger partial charge < -0.3 is 5.11 Å². The maximum atomic E-state index is 9.63. The van der Waals surface area contributed by atoms with Crippen LogP contribution >= 0.6 is 0 Å².